The van der Waals surface area contributed by atoms with Crippen LogP contribution in [0.25, 0.3) is 11.3 Å². The minimum absolute atomic E-state index is 0.131. The number of ketones is 2. The molecule has 2 aliphatic rings. The molecule has 2 saturated heterocycles. The number of hydrogen-bond donors (Lipinski definition) is 1. The lowest BCUT2D eigenvalue weighted by molar-refractivity contribution is -0.174. The Hall–Kier alpha value is -3.64. The molecule has 1 N–H and O–H groups in total. The molecule has 0 aromatic carbocycles. The van der Waals surface area contributed by atoms with Crippen molar-refractivity contribution in [2.24, 2.45) is 23.7 Å². The Balaban J connectivity index is 1.60. The molecule has 2 aromatic heterocycles. The second-order valence-corrected chi connectivity index (χ2v) is 13.6. The van der Waals surface area contributed by atoms with E-state index in [9.17, 15) is 24.3 Å². The number of methoxy groups -OCH3 is 1. The number of cyclic esters (lactones) is 1. The molecule has 1 unspecified atom stereocenters. The highest BCUT2D eigenvalue weighted by molar-refractivity contribution is 6.00. The van der Waals surface area contributed by atoms with Crippen LogP contribution in [0.2, 0.25) is 0 Å². The predicted molar refractivity (Wildman–Crippen MR) is 173 cm³/mol. The summed E-state index contributed by atoms with van der Waals surface area (Å²) in [5.74, 6) is -4.85. The van der Waals surface area contributed by atoms with E-state index in [4.69, 9.17) is 14.2 Å². The number of aryl methyl sites for hydroxylation is 1. The number of ether oxygens (including phenoxy) is 3. The van der Waals surface area contributed by atoms with Gasteiger partial charge in [-0.1, -0.05) is 27.7 Å². The van der Waals surface area contributed by atoms with Gasteiger partial charge in [0, 0.05) is 62.1 Å². The maximum Gasteiger partial charge on any atom is 0.410 e. The molecule has 1 amide bonds. The van der Waals surface area contributed by atoms with E-state index in [0.717, 1.165) is 17.7 Å². The summed E-state index contributed by atoms with van der Waals surface area (Å²) in [7, 11) is 1.43. The largest absolute Gasteiger partial charge is 0.458 e. The van der Waals surface area contributed by atoms with Crippen LogP contribution in [-0.4, -0.2) is 91.3 Å². The summed E-state index contributed by atoms with van der Waals surface area (Å²) in [5, 5.41) is 11.3. The van der Waals surface area contributed by atoms with E-state index < -0.39 is 71.0 Å². The van der Waals surface area contributed by atoms with E-state index in [0.29, 0.717) is 19.5 Å². The molecule has 0 aliphatic carbocycles. The highest BCUT2D eigenvalue weighted by atomic mass is 16.6. The molecule has 4 rings (SSSR count). The maximum absolute atomic E-state index is 14.1. The summed E-state index contributed by atoms with van der Waals surface area (Å²) in [6.07, 6.45) is 6.17. The number of hydrogen-bond acceptors (Lipinski definition) is 10. The number of imidazole rings is 1. The second-order valence-electron chi connectivity index (χ2n) is 13.6. The average Bonchev–Trinajstić information content (AvgIpc) is 3.64. The first-order chi connectivity index (χ1) is 22.2. The zero-order valence-corrected chi connectivity index (χ0v) is 28.8. The number of Topliss-reactive ketones (excluding diaryl/α,β-unsaturated/α-hetero) is 2. The van der Waals surface area contributed by atoms with Gasteiger partial charge in [-0.2, -0.15) is 0 Å². The van der Waals surface area contributed by atoms with E-state index in [1.165, 1.54) is 14.0 Å². The van der Waals surface area contributed by atoms with Crippen molar-refractivity contribution in [2.75, 3.05) is 13.7 Å². The molecule has 2 aromatic rings. The van der Waals surface area contributed by atoms with Gasteiger partial charge in [0.2, 0.25) is 0 Å². The number of carbonyl (C=O) groups excluding carboxylic acids is 4. The van der Waals surface area contributed by atoms with Gasteiger partial charge in [0.15, 0.2) is 11.4 Å². The van der Waals surface area contributed by atoms with Gasteiger partial charge in [-0.25, -0.2) is 9.78 Å². The maximum atomic E-state index is 14.1. The number of fused-ring (bicyclic) bond motifs is 1. The first-order valence-corrected chi connectivity index (χ1v) is 16.6. The molecule has 2 fully saturated rings. The van der Waals surface area contributed by atoms with Crippen LogP contribution in [0.15, 0.2) is 37.1 Å². The summed E-state index contributed by atoms with van der Waals surface area (Å²) < 4.78 is 19.7. The molecule has 9 atom stereocenters. The van der Waals surface area contributed by atoms with Crippen molar-refractivity contribution in [3.63, 3.8) is 0 Å². The van der Waals surface area contributed by atoms with Gasteiger partial charge in [-0.15, -0.1) is 0 Å². The highest BCUT2D eigenvalue weighted by Crippen LogP contribution is 2.42. The molecular weight excluding hydrogens is 604 g/mol. The number of unbranched alkanes of at least 4 members (excludes halogenated alkanes) is 1. The number of rotatable bonds is 8. The summed E-state index contributed by atoms with van der Waals surface area (Å²) in [5.41, 5.74) is -0.867. The van der Waals surface area contributed by atoms with Gasteiger partial charge in [0.05, 0.1) is 29.8 Å². The van der Waals surface area contributed by atoms with Crippen molar-refractivity contribution in [2.45, 2.75) is 110 Å². The lowest BCUT2D eigenvalue weighted by Gasteiger charge is -2.42. The Morgan fingerprint density at radius 3 is 2.38 bits per heavy atom. The van der Waals surface area contributed by atoms with Gasteiger partial charge >= 0.3 is 12.1 Å². The average molecular weight is 655 g/mol. The van der Waals surface area contributed by atoms with Gasteiger partial charge in [0.25, 0.3) is 0 Å². The third-order valence-electron chi connectivity index (χ3n) is 10.3. The molecule has 0 radical (unpaired) electrons. The van der Waals surface area contributed by atoms with Crippen LogP contribution >= 0.6 is 0 Å². The Labute approximate surface area is 277 Å². The van der Waals surface area contributed by atoms with Crippen LogP contribution in [0.1, 0.15) is 74.1 Å². The summed E-state index contributed by atoms with van der Waals surface area (Å²) in [6, 6.07) is 3.06. The zero-order chi connectivity index (χ0) is 34.7. The smallest absolute Gasteiger partial charge is 0.410 e. The number of esters is 1. The van der Waals surface area contributed by atoms with Crippen molar-refractivity contribution in [1.82, 2.24) is 19.4 Å². The summed E-state index contributed by atoms with van der Waals surface area (Å²) in [4.78, 5) is 64.7. The lowest BCUT2D eigenvalue weighted by Crippen LogP contribution is -2.58. The van der Waals surface area contributed by atoms with E-state index in [1.54, 1.807) is 58.2 Å². The molecule has 2 aliphatic heterocycles. The fourth-order valence-corrected chi connectivity index (χ4v) is 7.39. The highest BCUT2D eigenvalue weighted by Gasteiger charge is 2.60. The molecule has 0 bridgehead atoms. The summed E-state index contributed by atoms with van der Waals surface area (Å²) >= 11 is 0. The second kappa shape index (κ2) is 14.6. The predicted octanol–water partition coefficient (Wildman–Crippen LogP) is 4.48. The van der Waals surface area contributed by atoms with Crippen molar-refractivity contribution in [3.05, 3.63) is 37.1 Å². The third-order valence-corrected chi connectivity index (χ3v) is 10.3. The first-order valence-electron chi connectivity index (χ1n) is 16.6. The first kappa shape index (κ1) is 36.2. The summed E-state index contributed by atoms with van der Waals surface area (Å²) in [6.45, 7) is 12.7. The van der Waals surface area contributed by atoms with Crippen LogP contribution in [-0.2, 0) is 35.1 Å². The van der Waals surface area contributed by atoms with Crippen LogP contribution in [0.5, 0.6) is 0 Å². The van der Waals surface area contributed by atoms with Gasteiger partial charge in [-0.3, -0.25) is 19.4 Å². The van der Waals surface area contributed by atoms with Crippen molar-refractivity contribution in [1.29, 1.82) is 0 Å². The lowest BCUT2D eigenvalue weighted by atomic mass is 9.73. The van der Waals surface area contributed by atoms with E-state index in [-0.39, 0.29) is 18.6 Å². The fraction of sp³-hybridized carbons (Fsp3) is 0.657. The minimum atomic E-state index is -1.36. The number of aromatic nitrogens is 3. The van der Waals surface area contributed by atoms with E-state index in [1.807, 2.05) is 29.8 Å². The number of aliphatic hydroxyl groups excluding tert-OH is 1. The molecule has 4 heterocycles. The monoisotopic (exact) mass is 654 g/mol. The van der Waals surface area contributed by atoms with Crippen LogP contribution in [0.3, 0.4) is 0 Å². The van der Waals surface area contributed by atoms with Gasteiger partial charge in [0.1, 0.15) is 17.8 Å². The minimum Gasteiger partial charge on any atom is -0.458 e. The molecule has 0 spiro atoms. The van der Waals surface area contributed by atoms with E-state index in [2.05, 4.69) is 9.97 Å². The topological polar surface area (TPSA) is 150 Å². The van der Waals surface area contributed by atoms with E-state index >= 15 is 0 Å². The quantitative estimate of drug-likeness (QED) is 0.245. The third kappa shape index (κ3) is 7.28. The molecule has 12 nitrogen and oxygen atoms in total. The Bertz CT molecular complexity index is 1430. The number of carbonyl (C=O) groups is 4. The van der Waals surface area contributed by atoms with Crippen molar-refractivity contribution in [3.8, 4) is 11.3 Å². The van der Waals surface area contributed by atoms with Crippen molar-refractivity contribution >= 4 is 23.6 Å². The van der Waals surface area contributed by atoms with Crippen molar-refractivity contribution < 1.29 is 38.5 Å². The number of pyridine rings is 1. The molecular formula is C35H50N4O8. The molecule has 258 valence electrons. The Morgan fingerprint density at radius 2 is 1.74 bits per heavy atom. The van der Waals surface area contributed by atoms with Gasteiger partial charge in [-0.05, 0) is 58.6 Å². The van der Waals surface area contributed by atoms with Gasteiger partial charge < -0.3 is 28.8 Å². The Morgan fingerprint density at radius 1 is 1.04 bits per heavy atom. The standard InChI is InChI=1S/C35H50N4O8/c1-9-27-35(7)30(39(33(44)47-35)16-11-10-15-38-19-26(37-20-38)25-13-12-14-36-18-25)22(3)28(40)21(2)17-34(6,45-8)31(42)23(4)29(41)24(5)32(43)46-27/h12-14,18-24,27,30-31,42H,9-11,15-17H2,1-8H3/t21-,22+,23+,24-,27-,30-,31?,34-,35-/m1/s1. The van der Waals surface area contributed by atoms with Crippen LogP contribution in [0.4, 0.5) is 4.79 Å². The molecule has 12 heteroatoms. The normalized spacial score (nSPS) is 34.1. The fourth-order valence-electron chi connectivity index (χ4n) is 7.39. The zero-order valence-electron chi connectivity index (χ0n) is 28.8. The number of nitrogens with zero attached hydrogens (tertiary/aromatic N) is 4. The number of aliphatic hydroxyl groups is 1. The SMILES string of the molecule is CC[C@H]1OC(=O)[C@H](C)C(=O)[C@H](C)C(O)[C@](C)(OC)C[C@@H](C)C(=O)[C@H](C)[C@H]2N(CCCCn3cnc(-c4cccnc4)c3)C(=O)O[C@]12C. The Kier molecular flexibility index (Phi) is 11.3. The van der Waals surface area contributed by atoms with Crippen LogP contribution in [0, 0.1) is 23.7 Å². The number of amides is 1. The van der Waals surface area contributed by atoms with Crippen LogP contribution < -0.4 is 0 Å². The molecule has 0 saturated carbocycles. The molecule has 47 heavy (non-hydrogen) atoms.